The van der Waals surface area contributed by atoms with Crippen LogP contribution < -0.4 is 20.7 Å². The SMILES string of the molecule is BC(B)(B)NC(=O)c1nnc(NC(=O)C2CC2)cc1Nc1cccc(-c2nc(CN3CCN(C(=O)OC(C)(C)C)CC3)no2)c1OC. The van der Waals surface area contributed by atoms with E-state index in [-0.39, 0.29) is 35.3 Å². The first kappa shape index (κ1) is 33.8. The van der Waals surface area contributed by atoms with E-state index in [1.54, 1.807) is 29.2 Å². The fourth-order valence-corrected chi connectivity index (χ4v) is 4.90. The summed E-state index contributed by atoms with van der Waals surface area (Å²) in [6, 6.07) is 6.93. The van der Waals surface area contributed by atoms with Crippen molar-refractivity contribution < 1.29 is 28.4 Å². The van der Waals surface area contributed by atoms with E-state index >= 15 is 0 Å². The van der Waals surface area contributed by atoms with Gasteiger partial charge in [0.2, 0.25) is 5.91 Å². The number of nitrogens with one attached hydrogen (secondary N) is 3. The van der Waals surface area contributed by atoms with Crippen LogP contribution in [0.3, 0.4) is 0 Å². The van der Waals surface area contributed by atoms with Crippen molar-refractivity contribution in [2.75, 3.05) is 43.9 Å². The Labute approximate surface area is 276 Å². The molecule has 15 nitrogen and oxygen atoms in total. The van der Waals surface area contributed by atoms with E-state index in [9.17, 15) is 14.4 Å². The fraction of sp³-hybridized carbons (Fsp3) is 0.483. The number of amides is 3. The van der Waals surface area contributed by atoms with Crippen LogP contribution in [0.1, 0.15) is 49.9 Å². The molecular formula is C29H40B3N9O6. The molecular weight excluding hydrogens is 603 g/mol. The van der Waals surface area contributed by atoms with Crippen molar-refractivity contribution in [3.8, 4) is 17.2 Å². The van der Waals surface area contributed by atoms with Crippen molar-refractivity contribution in [2.45, 2.75) is 51.0 Å². The second-order valence-electron chi connectivity index (χ2n) is 13.7. The van der Waals surface area contributed by atoms with Gasteiger partial charge in [-0.2, -0.15) is 4.98 Å². The second kappa shape index (κ2) is 13.6. The molecule has 0 atom stereocenters. The average molecular weight is 643 g/mol. The zero-order valence-electron chi connectivity index (χ0n) is 28.0. The third kappa shape index (κ3) is 9.02. The highest BCUT2D eigenvalue weighted by molar-refractivity contribution is 6.60. The van der Waals surface area contributed by atoms with Crippen LogP contribution in [-0.2, 0) is 16.1 Å². The lowest BCUT2D eigenvalue weighted by molar-refractivity contribution is -0.117. The van der Waals surface area contributed by atoms with Crippen LogP contribution in [0.2, 0.25) is 0 Å². The topological polar surface area (TPSA) is 177 Å². The van der Waals surface area contributed by atoms with Crippen molar-refractivity contribution in [3.63, 3.8) is 0 Å². The standard InChI is InChI=1S/C29H40B3N9O6/c1-28(2,3)46-27(44)41-12-10-40(11-13-41)15-21-35-26(47-39-21)17-6-5-7-18(23(17)45-4)33-19-14-20(34-24(42)16-8-9-16)37-38-22(19)25(43)36-29(30,31)32/h5-7,14,16H,8-13,15,30-32H2,1-4H3,(H,36,43)(H2,33,34,37,42). The molecule has 2 aliphatic rings. The number of benzene rings is 1. The Morgan fingerprint density at radius 2 is 1.77 bits per heavy atom. The first-order valence-electron chi connectivity index (χ1n) is 15.7. The molecule has 0 unspecified atom stereocenters. The minimum absolute atomic E-state index is 0.0324. The Kier molecular flexibility index (Phi) is 9.80. The van der Waals surface area contributed by atoms with Gasteiger partial charge in [0.25, 0.3) is 11.8 Å². The Bertz CT molecular complexity index is 1630. The highest BCUT2D eigenvalue weighted by atomic mass is 16.6. The summed E-state index contributed by atoms with van der Waals surface area (Å²) in [6.45, 7) is 8.34. The lowest BCUT2D eigenvalue weighted by atomic mass is 9.49. The number of hydrogen-bond acceptors (Lipinski definition) is 12. The molecule has 2 aromatic heterocycles. The summed E-state index contributed by atoms with van der Waals surface area (Å²) in [5.41, 5.74) is 0.859. The quantitative estimate of drug-likeness (QED) is 0.251. The van der Waals surface area contributed by atoms with Crippen LogP contribution in [0.5, 0.6) is 5.75 Å². The Hall–Kier alpha value is -4.60. The minimum Gasteiger partial charge on any atom is -0.494 e. The average Bonchev–Trinajstić information content (AvgIpc) is 3.74. The molecule has 1 saturated heterocycles. The first-order valence-corrected chi connectivity index (χ1v) is 15.7. The third-order valence-electron chi connectivity index (χ3n) is 7.27. The van der Waals surface area contributed by atoms with E-state index < -0.39 is 16.7 Å². The molecule has 47 heavy (non-hydrogen) atoms. The van der Waals surface area contributed by atoms with Gasteiger partial charge in [-0.15, -0.1) is 10.2 Å². The van der Waals surface area contributed by atoms with E-state index in [1.165, 1.54) is 7.11 Å². The van der Waals surface area contributed by atoms with Gasteiger partial charge in [0, 0.05) is 38.2 Å². The van der Waals surface area contributed by atoms with Crippen molar-refractivity contribution in [3.05, 3.63) is 35.8 Å². The van der Waals surface area contributed by atoms with Crippen LogP contribution in [0, 0.1) is 5.92 Å². The zero-order chi connectivity index (χ0) is 33.9. The molecule has 1 aromatic carbocycles. The van der Waals surface area contributed by atoms with Crippen LogP contribution in [-0.4, -0.2) is 116 Å². The van der Waals surface area contributed by atoms with E-state index in [1.807, 2.05) is 44.3 Å². The molecule has 1 aliphatic carbocycles. The summed E-state index contributed by atoms with van der Waals surface area (Å²) in [4.78, 5) is 46.5. The van der Waals surface area contributed by atoms with Crippen molar-refractivity contribution in [1.29, 1.82) is 0 Å². The molecule has 18 heteroatoms. The zero-order valence-corrected chi connectivity index (χ0v) is 28.0. The van der Waals surface area contributed by atoms with E-state index in [0.717, 1.165) is 12.8 Å². The third-order valence-corrected chi connectivity index (χ3v) is 7.27. The monoisotopic (exact) mass is 643 g/mol. The van der Waals surface area contributed by atoms with Gasteiger partial charge in [0.15, 0.2) is 23.1 Å². The fourth-order valence-electron chi connectivity index (χ4n) is 4.90. The van der Waals surface area contributed by atoms with E-state index in [2.05, 4.69) is 41.2 Å². The highest BCUT2D eigenvalue weighted by Gasteiger charge is 2.31. The number of nitrogens with zero attached hydrogens (tertiary/aromatic N) is 6. The number of carbonyl (C=O) groups excluding carboxylic acids is 3. The molecule has 3 aromatic rings. The predicted molar refractivity (Wildman–Crippen MR) is 182 cm³/mol. The van der Waals surface area contributed by atoms with E-state index in [0.29, 0.717) is 61.2 Å². The molecule has 1 aliphatic heterocycles. The molecule has 2 fully saturated rings. The van der Waals surface area contributed by atoms with E-state index in [4.69, 9.17) is 14.0 Å². The smallest absolute Gasteiger partial charge is 0.410 e. The summed E-state index contributed by atoms with van der Waals surface area (Å²) in [6.07, 6.45) is 1.36. The van der Waals surface area contributed by atoms with Crippen LogP contribution in [0.25, 0.3) is 11.5 Å². The Morgan fingerprint density at radius 3 is 2.40 bits per heavy atom. The number of aromatic nitrogens is 4. The molecule has 246 valence electrons. The van der Waals surface area contributed by atoms with Gasteiger partial charge in [-0.25, -0.2) is 4.79 Å². The van der Waals surface area contributed by atoms with Crippen LogP contribution in [0.4, 0.5) is 22.0 Å². The lowest BCUT2D eigenvalue weighted by Gasteiger charge is -2.35. The Balaban J connectivity index is 1.33. The largest absolute Gasteiger partial charge is 0.494 e. The van der Waals surface area contributed by atoms with Gasteiger partial charge < -0.3 is 34.8 Å². The molecule has 0 spiro atoms. The molecule has 5 rings (SSSR count). The molecule has 0 radical (unpaired) electrons. The molecule has 0 bridgehead atoms. The number of piperazine rings is 1. The van der Waals surface area contributed by atoms with Crippen LogP contribution in [0.15, 0.2) is 28.8 Å². The highest BCUT2D eigenvalue weighted by Crippen LogP contribution is 2.38. The molecule has 1 saturated carbocycles. The van der Waals surface area contributed by atoms with Crippen LogP contribution >= 0.6 is 0 Å². The van der Waals surface area contributed by atoms with Crippen molar-refractivity contribution in [1.82, 2.24) is 35.5 Å². The van der Waals surface area contributed by atoms with Gasteiger partial charge in [0.1, 0.15) is 29.1 Å². The number of methoxy groups -OCH3 is 1. The summed E-state index contributed by atoms with van der Waals surface area (Å²) >= 11 is 0. The summed E-state index contributed by atoms with van der Waals surface area (Å²) in [5, 5.41) is 20.9. The lowest BCUT2D eigenvalue weighted by Crippen LogP contribution is -2.50. The first-order chi connectivity index (χ1) is 22.2. The summed E-state index contributed by atoms with van der Waals surface area (Å²) in [7, 11) is 7.12. The number of rotatable bonds is 10. The number of ether oxygens (including phenoxy) is 2. The molecule has 3 amide bonds. The predicted octanol–water partition coefficient (Wildman–Crippen LogP) is -0.0796. The number of para-hydroxylation sites is 1. The number of anilines is 3. The van der Waals surface area contributed by atoms with Gasteiger partial charge in [-0.1, -0.05) is 11.2 Å². The number of hydrogen-bond donors (Lipinski definition) is 3. The minimum atomic E-state index is -0.544. The van der Waals surface area contributed by atoms with Crippen molar-refractivity contribution >= 4 is 58.6 Å². The van der Waals surface area contributed by atoms with Crippen molar-refractivity contribution in [2.24, 2.45) is 5.92 Å². The summed E-state index contributed by atoms with van der Waals surface area (Å²) < 4.78 is 16.9. The maximum atomic E-state index is 13.2. The van der Waals surface area contributed by atoms with Gasteiger partial charge >= 0.3 is 6.09 Å². The second-order valence-corrected chi connectivity index (χ2v) is 13.7. The summed E-state index contributed by atoms with van der Waals surface area (Å²) in [5.74, 6) is 0.766. The normalized spacial score (nSPS) is 15.5. The van der Waals surface area contributed by atoms with Gasteiger partial charge in [0.05, 0.1) is 30.6 Å². The molecule has 3 heterocycles. The van der Waals surface area contributed by atoms with Gasteiger partial charge in [-0.05, 0) is 51.0 Å². The number of carbonyl (C=O) groups is 3. The maximum absolute atomic E-state index is 13.2. The van der Waals surface area contributed by atoms with Gasteiger partial charge in [-0.3, -0.25) is 14.5 Å². The maximum Gasteiger partial charge on any atom is 0.410 e. The molecule has 3 N–H and O–H groups in total. The Morgan fingerprint density at radius 1 is 1.04 bits per heavy atom.